The normalized spacial score (nSPS) is 24.4. The van der Waals surface area contributed by atoms with Crippen LogP contribution in [0.1, 0.15) is 39.5 Å². The lowest BCUT2D eigenvalue weighted by molar-refractivity contribution is 0.318. The smallest absolute Gasteiger partial charge is 0.0475 e. The van der Waals surface area contributed by atoms with E-state index in [1.54, 1.807) is 11.3 Å². The van der Waals surface area contributed by atoms with Gasteiger partial charge in [-0.05, 0) is 43.2 Å². The Morgan fingerprint density at radius 3 is 2.89 bits per heavy atom. The number of nitrogens with zero attached hydrogens (tertiary/aromatic N) is 1. The largest absolute Gasteiger partial charge is 0.369 e. The van der Waals surface area contributed by atoms with E-state index >= 15 is 0 Å². The zero-order valence-corrected chi connectivity index (χ0v) is 12.5. The summed E-state index contributed by atoms with van der Waals surface area (Å²) in [6.07, 6.45) is 5.26. The lowest BCUT2D eigenvalue weighted by atomic mass is 9.90. The molecule has 102 valence electrons. The quantitative estimate of drug-likeness (QED) is 0.844. The van der Waals surface area contributed by atoms with E-state index in [-0.39, 0.29) is 0 Å². The third-order valence-electron chi connectivity index (χ3n) is 3.79. The summed E-state index contributed by atoms with van der Waals surface area (Å²) in [6.45, 7) is 8.13. The van der Waals surface area contributed by atoms with Gasteiger partial charge >= 0.3 is 0 Å². The average Bonchev–Trinajstić information content (AvgIpc) is 2.90. The summed E-state index contributed by atoms with van der Waals surface area (Å²) in [4.78, 5) is 2.58. The highest BCUT2D eigenvalue weighted by atomic mass is 32.1. The van der Waals surface area contributed by atoms with E-state index in [0.29, 0.717) is 6.04 Å². The lowest BCUT2D eigenvalue weighted by Gasteiger charge is -2.39. The fourth-order valence-electron chi connectivity index (χ4n) is 2.97. The molecule has 0 aromatic carbocycles. The summed E-state index contributed by atoms with van der Waals surface area (Å²) in [5.41, 5.74) is 1.42. The van der Waals surface area contributed by atoms with Crippen LogP contribution in [0.2, 0.25) is 0 Å². The molecule has 1 aromatic rings. The fraction of sp³-hybridized carbons (Fsp3) is 0.733. The highest BCUT2D eigenvalue weighted by Gasteiger charge is 2.26. The SMILES string of the molecule is CCCNC1CC(CCC)CN(c2ccsc2)C1. The topological polar surface area (TPSA) is 15.3 Å². The zero-order chi connectivity index (χ0) is 12.8. The maximum Gasteiger partial charge on any atom is 0.0475 e. The van der Waals surface area contributed by atoms with Crippen LogP contribution in [0.3, 0.4) is 0 Å². The highest BCUT2D eigenvalue weighted by Crippen LogP contribution is 2.27. The molecule has 0 aliphatic carbocycles. The zero-order valence-electron chi connectivity index (χ0n) is 11.7. The van der Waals surface area contributed by atoms with Gasteiger partial charge in [0.05, 0.1) is 0 Å². The molecule has 1 fully saturated rings. The molecule has 0 saturated carbocycles. The summed E-state index contributed by atoms with van der Waals surface area (Å²) >= 11 is 1.80. The number of hydrogen-bond acceptors (Lipinski definition) is 3. The molecule has 0 radical (unpaired) electrons. The molecule has 2 nitrogen and oxygen atoms in total. The van der Waals surface area contributed by atoms with Crippen molar-refractivity contribution in [2.24, 2.45) is 5.92 Å². The third kappa shape index (κ3) is 3.72. The predicted molar refractivity (Wildman–Crippen MR) is 81.6 cm³/mol. The van der Waals surface area contributed by atoms with Gasteiger partial charge in [-0.15, -0.1) is 0 Å². The Morgan fingerprint density at radius 2 is 2.22 bits per heavy atom. The minimum atomic E-state index is 0.676. The molecule has 2 unspecified atom stereocenters. The van der Waals surface area contributed by atoms with Crippen molar-refractivity contribution in [1.29, 1.82) is 0 Å². The first-order chi connectivity index (χ1) is 8.83. The van der Waals surface area contributed by atoms with Crippen molar-refractivity contribution in [2.75, 3.05) is 24.5 Å². The standard InChI is InChI=1S/C15H26N2S/c1-3-5-13-9-14(16-7-4-2)11-17(10-13)15-6-8-18-12-15/h6,8,12-14,16H,3-5,7,9-11H2,1-2H3. The van der Waals surface area contributed by atoms with Crippen LogP contribution in [-0.2, 0) is 0 Å². The second-order valence-electron chi connectivity index (χ2n) is 5.43. The first kappa shape index (κ1) is 13.9. The van der Waals surface area contributed by atoms with Crippen LogP contribution < -0.4 is 10.2 Å². The van der Waals surface area contributed by atoms with Crippen LogP contribution in [0.15, 0.2) is 16.8 Å². The molecule has 18 heavy (non-hydrogen) atoms. The number of nitrogens with one attached hydrogen (secondary N) is 1. The molecule has 3 heteroatoms. The predicted octanol–water partition coefficient (Wildman–Crippen LogP) is 3.74. The van der Waals surface area contributed by atoms with Gasteiger partial charge in [0.2, 0.25) is 0 Å². The van der Waals surface area contributed by atoms with Crippen LogP contribution >= 0.6 is 11.3 Å². The molecule has 0 spiro atoms. The van der Waals surface area contributed by atoms with Crippen molar-refractivity contribution >= 4 is 17.0 Å². The van der Waals surface area contributed by atoms with E-state index < -0.39 is 0 Å². The van der Waals surface area contributed by atoms with Crippen molar-refractivity contribution < 1.29 is 0 Å². The molecule has 0 bridgehead atoms. The third-order valence-corrected chi connectivity index (χ3v) is 4.46. The summed E-state index contributed by atoms with van der Waals surface area (Å²) in [6, 6.07) is 2.94. The van der Waals surface area contributed by atoms with E-state index in [4.69, 9.17) is 0 Å². The highest BCUT2D eigenvalue weighted by molar-refractivity contribution is 7.08. The first-order valence-corrected chi connectivity index (χ1v) is 8.28. The minimum absolute atomic E-state index is 0.676. The number of rotatable bonds is 6. The van der Waals surface area contributed by atoms with E-state index in [2.05, 4.69) is 40.9 Å². The molecule has 2 heterocycles. The molecular weight excluding hydrogens is 240 g/mol. The lowest BCUT2D eigenvalue weighted by Crippen LogP contribution is -2.49. The molecule has 0 amide bonds. The van der Waals surface area contributed by atoms with E-state index in [9.17, 15) is 0 Å². The maximum atomic E-state index is 3.71. The molecule has 2 rings (SSSR count). The molecule has 1 aliphatic heterocycles. The van der Waals surface area contributed by atoms with Crippen molar-refractivity contribution in [3.63, 3.8) is 0 Å². The Hall–Kier alpha value is -0.540. The van der Waals surface area contributed by atoms with E-state index in [0.717, 1.165) is 12.5 Å². The van der Waals surface area contributed by atoms with Gasteiger partial charge in [0.15, 0.2) is 0 Å². The molecule has 1 N–H and O–H groups in total. The monoisotopic (exact) mass is 266 g/mol. The van der Waals surface area contributed by atoms with Crippen LogP contribution in [0, 0.1) is 5.92 Å². The summed E-state index contributed by atoms with van der Waals surface area (Å²) in [5.74, 6) is 0.859. The van der Waals surface area contributed by atoms with Gasteiger partial charge in [0.1, 0.15) is 0 Å². The van der Waals surface area contributed by atoms with Crippen molar-refractivity contribution in [2.45, 2.75) is 45.6 Å². The van der Waals surface area contributed by atoms with Crippen LogP contribution in [0.25, 0.3) is 0 Å². The van der Waals surface area contributed by atoms with Gasteiger partial charge in [-0.2, -0.15) is 11.3 Å². The maximum absolute atomic E-state index is 3.71. The number of anilines is 1. The van der Waals surface area contributed by atoms with Gasteiger partial charge < -0.3 is 10.2 Å². The Kier molecular flexibility index (Phi) is 5.51. The minimum Gasteiger partial charge on any atom is -0.369 e. The van der Waals surface area contributed by atoms with Crippen molar-refractivity contribution in [1.82, 2.24) is 5.32 Å². The second-order valence-corrected chi connectivity index (χ2v) is 6.21. The van der Waals surface area contributed by atoms with E-state index in [1.165, 1.54) is 44.5 Å². The van der Waals surface area contributed by atoms with Crippen molar-refractivity contribution in [3.05, 3.63) is 16.8 Å². The summed E-state index contributed by atoms with van der Waals surface area (Å²) in [5, 5.41) is 8.18. The number of piperidine rings is 1. The van der Waals surface area contributed by atoms with Crippen LogP contribution in [-0.4, -0.2) is 25.7 Å². The Morgan fingerprint density at radius 1 is 1.33 bits per heavy atom. The second kappa shape index (κ2) is 7.15. The summed E-state index contributed by atoms with van der Waals surface area (Å²) in [7, 11) is 0. The molecule has 2 atom stereocenters. The van der Waals surface area contributed by atoms with Crippen molar-refractivity contribution in [3.8, 4) is 0 Å². The Labute approximate surface area is 115 Å². The number of thiophene rings is 1. The Bertz CT molecular complexity index is 323. The first-order valence-electron chi connectivity index (χ1n) is 7.34. The summed E-state index contributed by atoms with van der Waals surface area (Å²) < 4.78 is 0. The van der Waals surface area contributed by atoms with E-state index in [1.807, 2.05) is 0 Å². The molecule has 1 aliphatic rings. The average molecular weight is 266 g/mol. The van der Waals surface area contributed by atoms with Gasteiger partial charge in [0, 0.05) is 30.2 Å². The molecule has 1 aromatic heterocycles. The van der Waals surface area contributed by atoms with Gasteiger partial charge in [-0.3, -0.25) is 0 Å². The van der Waals surface area contributed by atoms with Crippen LogP contribution in [0.4, 0.5) is 5.69 Å². The number of hydrogen-bond donors (Lipinski definition) is 1. The van der Waals surface area contributed by atoms with Crippen LogP contribution in [0.5, 0.6) is 0 Å². The molecular formula is C15H26N2S. The fourth-order valence-corrected chi connectivity index (χ4v) is 3.63. The Balaban J connectivity index is 1.97. The van der Waals surface area contributed by atoms with Gasteiger partial charge in [-0.25, -0.2) is 0 Å². The van der Waals surface area contributed by atoms with Gasteiger partial charge in [0.25, 0.3) is 0 Å². The molecule has 1 saturated heterocycles. The van der Waals surface area contributed by atoms with Gasteiger partial charge in [-0.1, -0.05) is 20.3 Å².